The average molecular weight is 433 g/mol. The van der Waals surface area contributed by atoms with Gasteiger partial charge in [-0.3, -0.25) is 9.59 Å². The second-order valence-electron chi connectivity index (χ2n) is 8.20. The molecule has 0 aliphatic carbocycles. The van der Waals surface area contributed by atoms with Gasteiger partial charge in [0.05, 0.1) is 13.2 Å². The summed E-state index contributed by atoms with van der Waals surface area (Å²) in [6.07, 6.45) is 8.44. The van der Waals surface area contributed by atoms with Crippen molar-refractivity contribution in [2.45, 2.75) is 122 Å². The van der Waals surface area contributed by atoms with Gasteiger partial charge in [-0.25, -0.2) is 0 Å². The van der Waals surface area contributed by atoms with Crippen LogP contribution in [0.25, 0.3) is 0 Å². The van der Waals surface area contributed by atoms with E-state index in [-0.39, 0.29) is 12.8 Å². The predicted molar refractivity (Wildman–Crippen MR) is 116 cm³/mol. The summed E-state index contributed by atoms with van der Waals surface area (Å²) in [5.74, 6) is -1.31. The molecule has 0 aliphatic heterocycles. The summed E-state index contributed by atoms with van der Waals surface area (Å²) in [6.45, 7) is 2.48. The third-order valence-electron chi connectivity index (χ3n) is 5.52. The van der Waals surface area contributed by atoms with Crippen LogP contribution in [-0.2, 0) is 14.3 Å². The van der Waals surface area contributed by atoms with E-state index in [9.17, 15) is 30.0 Å². The molecule has 7 nitrogen and oxygen atoms in total. The monoisotopic (exact) mass is 432 g/mol. The molecular weight excluding hydrogens is 388 g/mol. The van der Waals surface area contributed by atoms with Crippen molar-refractivity contribution in [2.24, 2.45) is 0 Å². The molecule has 0 spiro atoms. The van der Waals surface area contributed by atoms with Crippen molar-refractivity contribution in [3.8, 4) is 0 Å². The lowest BCUT2D eigenvalue weighted by molar-refractivity contribution is -0.188. The fourth-order valence-electron chi connectivity index (χ4n) is 3.42. The fourth-order valence-corrected chi connectivity index (χ4v) is 3.42. The first-order chi connectivity index (χ1) is 14.4. The Kier molecular flexibility index (Phi) is 17.0. The molecule has 0 fully saturated rings. The van der Waals surface area contributed by atoms with E-state index in [1.165, 1.54) is 0 Å². The van der Waals surface area contributed by atoms with Gasteiger partial charge in [-0.2, -0.15) is 0 Å². The fraction of sp³-hybridized carbons (Fsp3) is 0.913. The number of esters is 1. The summed E-state index contributed by atoms with van der Waals surface area (Å²) >= 11 is 0. The SMILES string of the molecule is CCCCCCCCC(=O)O[C@H](CO)[C@H](O)[C@@](O)(CO)C(=O)CCCCCCCC. The van der Waals surface area contributed by atoms with Crippen LogP contribution in [0.3, 0.4) is 0 Å². The Balaban J connectivity index is 4.54. The number of hydrogen-bond acceptors (Lipinski definition) is 7. The molecule has 0 aromatic carbocycles. The molecule has 4 N–H and O–H groups in total. The van der Waals surface area contributed by atoms with Crippen molar-refractivity contribution in [2.75, 3.05) is 13.2 Å². The quantitative estimate of drug-likeness (QED) is 0.172. The van der Waals surface area contributed by atoms with Crippen LogP contribution in [0.5, 0.6) is 0 Å². The summed E-state index contributed by atoms with van der Waals surface area (Å²) in [4.78, 5) is 24.5. The molecule has 0 saturated heterocycles. The maximum atomic E-state index is 12.4. The maximum Gasteiger partial charge on any atom is 0.306 e. The number of aliphatic hydroxyl groups is 4. The van der Waals surface area contributed by atoms with E-state index in [0.29, 0.717) is 12.8 Å². The third kappa shape index (κ3) is 11.4. The van der Waals surface area contributed by atoms with Gasteiger partial charge in [0.2, 0.25) is 0 Å². The number of unbranched alkanes of at least 4 members (excludes halogenated alkanes) is 10. The van der Waals surface area contributed by atoms with E-state index in [0.717, 1.165) is 64.2 Å². The van der Waals surface area contributed by atoms with Crippen LogP contribution >= 0.6 is 0 Å². The van der Waals surface area contributed by atoms with Gasteiger partial charge in [-0.15, -0.1) is 0 Å². The van der Waals surface area contributed by atoms with Gasteiger partial charge < -0.3 is 25.2 Å². The van der Waals surface area contributed by atoms with E-state index in [1.54, 1.807) is 0 Å². The van der Waals surface area contributed by atoms with Crippen LogP contribution in [0.4, 0.5) is 0 Å². The molecule has 3 atom stereocenters. The molecular formula is C23H44O7. The highest BCUT2D eigenvalue weighted by Gasteiger charge is 2.47. The largest absolute Gasteiger partial charge is 0.457 e. The topological polar surface area (TPSA) is 124 Å². The number of carbonyl (C=O) groups is 2. The Morgan fingerprint density at radius 1 is 0.800 bits per heavy atom. The van der Waals surface area contributed by atoms with Crippen molar-refractivity contribution >= 4 is 11.8 Å². The molecule has 0 aromatic heterocycles. The summed E-state index contributed by atoms with van der Waals surface area (Å²) in [6, 6.07) is 0. The number of rotatable bonds is 20. The van der Waals surface area contributed by atoms with Gasteiger partial charge in [0.1, 0.15) is 6.10 Å². The van der Waals surface area contributed by atoms with E-state index in [4.69, 9.17) is 4.74 Å². The first kappa shape index (κ1) is 29.0. The van der Waals surface area contributed by atoms with Crippen LogP contribution in [0, 0.1) is 0 Å². The Hall–Kier alpha value is -1.02. The van der Waals surface area contributed by atoms with Gasteiger partial charge in [0, 0.05) is 12.8 Å². The first-order valence-corrected chi connectivity index (χ1v) is 11.7. The van der Waals surface area contributed by atoms with Gasteiger partial charge >= 0.3 is 5.97 Å². The molecule has 0 radical (unpaired) electrons. The summed E-state index contributed by atoms with van der Waals surface area (Å²) < 4.78 is 5.10. The smallest absolute Gasteiger partial charge is 0.306 e. The van der Waals surface area contributed by atoms with Crippen molar-refractivity contribution in [1.82, 2.24) is 0 Å². The van der Waals surface area contributed by atoms with Crippen LogP contribution in [0.1, 0.15) is 104 Å². The lowest BCUT2D eigenvalue weighted by Gasteiger charge is -2.33. The summed E-state index contributed by atoms with van der Waals surface area (Å²) in [5.41, 5.74) is -2.46. The van der Waals surface area contributed by atoms with Gasteiger partial charge in [0.15, 0.2) is 17.5 Å². The van der Waals surface area contributed by atoms with E-state index >= 15 is 0 Å². The number of Topliss-reactive ketones (excluding diaryl/α,β-unsaturated/α-hetero) is 1. The highest BCUT2D eigenvalue weighted by atomic mass is 16.6. The summed E-state index contributed by atoms with van der Waals surface area (Å²) in [7, 11) is 0. The molecule has 178 valence electrons. The van der Waals surface area contributed by atoms with Crippen molar-refractivity contribution < 1.29 is 34.8 Å². The highest BCUT2D eigenvalue weighted by molar-refractivity contribution is 5.88. The Morgan fingerprint density at radius 3 is 1.73 bits per heavy atom. The van der Waals surface area contributed by atoms with Crippen LogP contribution < -0.4 is 0 Å². The number of aliphatic hydroxyl groups excluding tert-OH is 3. The number of ether oxygens (including phenoxy) is 1. The molecule has 0 amide bonds. The minimum absolute atomic E-state index is 0.00407. The zero-order chi connectivity index (χ0) is 22.8. The molecule has 0 aromatic rings. The normalized spacial score (nSPS) is 15.4. The average Bonchev–Trinajstić information content (AvgIpc) is 2.75. The number of carbonyl (C=O) groups excluding carboxylic acids is 2. The van der Waals surface area contributed by atoms with Gasteiger partial charge in [0.25, 0.3) is 0 Å². The molecule has 30 heavy (non-hydrogen) atoms. The zero-order valence-corrected chi connectivity index (χ0v) is 19.0. The van der Waals surface area contributed by atoms with Crippen LogP contribution in [-0.4, -0.2) is 63.2 Å². The number of ketones is 1. The summed E-state index contributed by atoms with van der Waals surface area (Å²) in [5, 5.41) is 40.1. The lowest BCUT2D eigenvalue weighted by Crippen LogP contribution is -2.58. The molecule has 0 unspecified atom stereocenters. The second kappa shape index (κ2) is 17.6. The van der Waals surface area contributed by atoms with Crippen molar-refractivity contribution in [3.63, 3.8) is 0 Å². The van der Waals surface area contributed by atoms with Crippen molar-refractivity contribution in [3.05, 3.63) is 0 Å². The Morgan fingerprint density at radius 2 is 1.27 bits per heavy atom. The minimum Gasteiger partial charge on any atom is -0.457 e. The van der Waals surface area contributed by atoms with Crippen LogP contribution in [0.2, 0.25) is 0 Å². The van der Waals surface area contributed by atoms with Crippen LogP contribution in [0.15, 0.2) is 0 Å². The van der Waals surface area contributed by atoms with Crippen molar-refractivity contribution in [1.29, 1.82) is 0 Å². The lowest BCUT2D eigenvalue weighted by atomic mass is 9.86. The van der Waals surface area contributed by atoms with E-state index in [1.807, 2.05) is 0 Å². The maximum absolute atomic E-state index is 12.4. The Labute approximate surface area is 181 Å². The predicted octanol–water partition coefficient (Wildman–Crippen LogP) is 3.05. The Bertz CT molecular complexity index is 455. The van der Waals surface area contributed by atoms with Gasteiger partial charge in [-0.1, -0.05) is 78.1 Å². The minimum atomic E-state index is -2.46. The van der Waals surface area contributed by atoms with Gasteiger partial charge in [-0.05, 0) is 12.8 Å². The zero-order valence-electron chi connectivity index (χ0n) is 19.0. The molecule has 0 rings (SSSR count). The number of hydrogen-bond donors (Lipinski definition) is 4. The standard InChI is InChI=1S/C23H44O7/c1-3-5-7-9-11-13-15-20(26)23(29,18-25)22(28)19(17-24)30-21(27)16-14-12-10-8-6-4-2/h19,22,24-25,28-29H,3-18H2,1-2H3/t19-,22+,23-/m1/s1. The molecule has 0 saturated carbocycles. The highest BCUT2D eigenvalue weighted by Crippen LogP contribution is 2.21. The molecule has 0 heterocycles. The molecule has 7 heteroatoms. The van der Waals surface area contributed by atoms with E-state index in [2.05, 4.69) is 13.8 Å². The molecule has 0 bridgehead atoms. The first-order valence-electron chi connectivity index (χ1n) is 11.7. The second-order valence-corrected chi connectivity index (χ2v) is 8.20. The third-order valence-corrected chi connectivity index (χ3v) is 5.52. The van der Waals surface area contributed by atoms with E-state index < -0.39 is 42.8 Å². The molecule has 0 aliphatic rings.